The predicted molar refractivity (Wildman–Crippen MR) is 75.4 cm³/mol. The zero-order chi connectivity index (χ0) is 12.8. The summed E-state index contributed by atoms with van der Waals surface area (Å²) in [5, 5.41) is 0. The molecule has 1 aromatic rings. The van der Waals surface area contributed by atoms with Gasteiger partial charge in [-0.05, 0) is 55.7 Å². The molecule has 0 unspecified atom stereocenters. The molecule has 2 heteroatoms. The molecule has 0 atom stereocenters. The van der Waals surface area contributed by atoms with E-state index in [2.05, 4.69) is 13.0 Å². The second-order valence-electron chi connectivity index (χ2n) is 6.05. The van der Waals surface area contributed by atoms with Crippen LogP contribution < -0.4 is 5.73 Å². The first kappa shape index (κ1) is 13.7. The molecule has 1 aliphatic rings. The summed E-state index contributed by atoms with van der Waals surface area (Å²) < 4.78 is 5.50. The molecule has 0 aromatic carbocycles. The van der Waals surface area contributed by atoms with Crippen molar-refractivity contribution in [2.24, 2.45) is 17.1 Å². The lowest BCUT2D eigenvalue weighted by molar-refractivity contribution is 0.142. The van der Waals surface area contributed by atoms with E-state index in [-0.39, 0.29) is 0 Å². The Hall–Kier alpha value is -0.760. The quantitative estimate of drug-likeness (QED) is 0.822. The molecule has 0 radical (unpaired) electrons. The highest BCUT2D eigenvalue weighted by molar-refractivity contribution is 5.03. The number of unbranched alkanes of at least 4 members (excludes halogenated alkanes) is 1. The lowest BCUT2D eigenvalue weighted by Crippen LogP contribution is -2.36. The SMILES string of the molecule is CCCCC1CCC(CN)(Cc2ccco2)CC1. The van der Waals surface area contributed by atoms with E-state index in [4.69, 9.17) is 10.2 Å². The molecule has 1 aliphatic carbocycles. The summed E-state index contributed by atoms with van der Waals surface area (Å²) in [4.78, 5) is 0. The lowest BCUT2D eigenvalue weighted by Gasteiger charge is -2.39. The van der Waals surface area contributed by atoms with E-state index in [1.165, 1.54) is 44.9 Å². The molecule has 1 heterocycles. The first-order valence-corrected chi connectivity index (χ1v) is 7.50. The van der Waals surface area contributed by atoms with Crippen molar-refractivity contribution < 1.29 is 4.42 Å². The molecule has 0 amide bonds. The van der Waals surface area contributed by atoms with Gasteiger partial charge in [0.05, 0.1) is 6.26 Å². The number of nitrogens with two attached hydrogens (primary N) is 1. The van der Waals surface area contributed by atoms with Crippen LogP contribution >= 0.6 is 0 Å². The molecule has 0 aliphatic heterocycles. The van der Waals surface area contributed by atoms with Gasteiger partial charge >= 0.3 is 0 Å². The van der Waals surface area contributed by atoms with Crippen LogP contribution in [0, 0.1) is 11.3 Å². The highest BCUT2D eigenvalue weighted by Crippen LogP contribution is 2.42. The van der Waals surface area contributed by atoms with E-state index in [1.54, 1.807) is 6.26 Å². The van der Waals surface area contributed by atoms with Gasteiger partial charge in [-0.15, -0.1) is 0 Å². The third-order valence-electron chi connectivity index (χ3n) is 4.69. The van der Waals surface area contributed by atoms with Gasteiger partial charge in [-0.2, -0.15) is 0 Å². The largest absolute Gasteiger partial charge is 0.469 e. The second-order valence-corrected chi connectivity index (χ2v) is 6.05. The predicted octanol–water partition coefficient (Wildman–Crippen LogP) is 4.15. The van der Waals surface area contributed by atoms with Gasteiger partial charge in [0.2, 0.25) is 0 Å². The van der Waals surface area contributed by atoms with Crippen LogP contribution in [0.3, 0.4) is 0 Å². The number of rotatable bonds is 6. The fraction of sp³-hybridized carbons (Fsp3) is 0.750. The monoisotopic (exact) mass is 249 g/mol. The maximum absolute atomic E-state index is 6.06. The van der Waals surface area contributed by atoms with E-state index in [9.17, 15) is 0 Å². The average molecular weight is 249 g/mol. The lowest BCUT2D eigenvalue weighted by atomic mass is 9.67. The zero-order valence-corrected chi connectivity index (χ0v) is 11.7. The van der Waals surface area contributed by atoms with Crippen molar-refractivity contribution >= 4 is 0 Å². The van der Waals surface area contributed by atoms with Crippen molar-refractivity contribution in [1.82, 2.24) is 0 Å². The minimum Gasteiger partial charge on any atom is -0.469 e. The first-order chi connectivity index (χ1) is 8.78. The molecule has 2 rings (SSSR count). The maximum Gasteiger partial charge on any atom is 0.104 e. The van der Waals surface area contributed by atoms with Gasteiger partial charge in [-0.25, -0.2) is 0 Å². The Bertz CT molecular complexity index is 323. The summed E-state index contributed by atoms with van der Waals surface area (Å²) in [5.74, 6) is 2.05. The van der Waals surface area contributed by atoms with Crippen LogP contribution in [0.25, 0.3) is 0 Å². The van der Waals surface area contributed by atoms with Gasteiger partial charge in [0.1, 0.15) is 5.76 Å². The number of furan rings is 1. The van der Waals surface area contributed by atoms with E-state index >= 15 is 0 Å². The van der Waals surface area contributed by atoms with E-state index < -0.39 is 0 Å². The summed E-state index contributed by atoms with van der Waals surface area (Å²) in [5.41, 5.74) is 6.36. The van der Waals surface area contributed by atoms with E-state index in [0.717, 1.165) is 24.6 Å². The zero-order valence-electron chi connectivity index (χ0n) is 11.7. The average Bonchev–Trinajstić information content (AvgIpc) is 2.91. The molecule has 18 heavy (non-hydrogen) atoms. The van der Waals surface area contributed by atoms with Crippen LogP contribution in [-0.4, -0.2) is 6.54 Å². The Kier molecular flexibility index (Phi) is 4.87. The van der Waals surface area contributed by atoms with Crippen molar-refractivity contribution in [3.8, 4) is 0 Å². The number of hydrogen-bond donors (Lipinski definition) is 1. The van der Waals surface area contributed by atoms with Gasteiger partial charge in [0.25, 0.3) is 0 Å². The highest BCUT2D eigenvalue weighted by atomic mass is 16.3. The van der Waals surface area contributed by atoms with Gasteiger partial charge in [-0.3, -0.25) is 0 Å². The van der Waals surface area contributed by atoms with Crippen molar-refractivity contribution in [2.75, 3.05) is 6.54 Å². The van der Waals surface area contributed by atoms with Crippen molar-refractivity contribution in [1.29, 1.82) is 0 Å². The second kappa shape index (κ2) is 6.42. The Labute approximate surface area is 111 Å². The van der Waals surface area contributed by atoms with Crippen LogP contribution in [-0.2, 0) is 6.42 Å². The maximum atomic E-state index is 6.06. The third kappa shape index (κ3) is 3.38. The normalized spacial score (nSPS) is 28.4. The van der Waals surface area contributed by atoms with Gasteiger partial charge in [0.15, 0.2) is 0 Å². The summed E-state index contributed by atoms with van der Waals surface area (Å²) in [6.45, 7) is 3.08. The molecule has 0 saturated heterocycles. The first-order valence-electron chi connectivity index (χ1n) is 7.50. The molecule has 0 spiro atoms. The van der Waals surface area contributed by atoms with Crippen LogP contribution in [0.5, 0.6) is 0 Å². The van der Waals surface area contributed by atoms with Crippen molar-refractivity contribution in [3.05, 3.63) is 24.2 Å². The molecular weight excluding hydrogens is 222 g/mol. The minimum absolute atomic E-state index is 0.306. The smallest absolute Gasteiger partial charge is 0.104 e. The molecular formula is C16H27NO. The van der Waals surface area contributed by atoms with Crippen LogP contribution in [0.4, 0.5) is 0 Å². The molecule has 2 nitrogen and oxygen atoms in total. The molecule has 102 valence electrons. The van der Waals surface area contributed by atoms with Crippen LogP contribution in [0.15, 0.2) is 22.8 Å². The van der Waals surface area contributed by atoms with Crippen LogP contribution in [0.1, 0.15) is 57.6 Å². The molecule has 0 bridgehead atoms. The van der Waals surface area contributed by atoms with Crippen molar-refractivity contribution in [2.45, 2.75) is 58.3 Å². The Morgan fingerprint density at radius 1 is 1.39 bits per heavy atom. The topological polar surface area (TPSA) is 39.2 Å². The molecule has 1 fully saturated rings. The summed E-state index contributed by atoms with van der Waals surface area (Å²) in [6.07, 6.45) is 12.2. The molecule has 2 N–H and O–H groups in total. The fourth-order valence-corrected chi connectivity index (χ4v) is 3.31. The minimum atomic E-state index is 0.306. The fourth-order valence-electron chi connectivity index (χ4n) is 3.31. The molecule has 1 aromatic heterocycles. The third-order valence-corrected chi connectivity index (χ3v) is 4.69. The Morgan fingerprint density at radius 2 is 2.17 bits per heavy atom. The van der Waals surface area contributed by atoms with Gasteiger partial charge in [-0.1, -0.05) is 26.2 Å². The van der Waals surface area contributed by atoms with Crippen molar-refractivity contribution in [3.63, 3.8) is 0 Å². The van der Waals surface area contributed by atoms with Gasteiger partial charge in [0, 0.05) is 6.42 Å². The van der Waals surface area contributed by atoms with E-state index in [1.807, 2.05) is 6.07 Å². The number of hydrogen-bond acceptors (Lipinski definition) is 2. The highest BCUT2D eigenvalue weighted by Gasteiger charge is 2.34. The Balaban J connectivity index is 1.87. The van der Waals surface area contributed by atoms with E-state index in [0.29, 0.717) is 5.41 Å². The Morgan fingerprint density at radius 3 is 2.72 bits per heavy atom. The van der Waals surface area contributed by atoms with Crippen LogP contribution in [0.2, 0.25) is 0 Å². The molecule has 1 saturated carbocycles. The summed E-state index contributed by atoms with van der Waals surface area (Å²) in [7, 11) is 0. The van der Waals surface area contributed by atoms with Gasteiger partial charge < -0.3 is 10.2 Å². The summed E-state index contributed by atoms with van der Waals surface area (Å²) in [6, 6.07) is 4.06. The summed E-state index contributed by atoms with van der Waals surface area (Å²) >= 11 is 0. The standard InChI is InChI=1S/C16H27NO/c1-2-3-5-14-7-9-16(13-17,10-8-14)12-15-6-4-11-18-15/h4,6,11,14H,2-3,5,7-10,12-13,17H2,1H3.